The monoisotopic (exact) mass is 247 g/mol. The summed E-state index contributed by atoms with van der Waals surface area (Å²) in [5.74, 6) is 0. The fourth-order valence-electron chi connectivity index (χ4n) is 2.83. The highest BCUT2D eigenvalue weighted by molar-refractivity contribution is 5.31. The number of rotatable bonds is 4. The van der Waals surface area contributed by atoms with Crippen LogP contribution in [0.4, 0.5) is 0 Å². The summed E-state index contributed by atoms with van der Waals surface area (Å²) in [6.45, 7) is 3.59. The average molecular weight is 247 g/mol. The molecule has 3 heteroatoms. The Bertz CT molecular complexity index is 388. The third-order valence-electron chi connectivity index (χ3n) is 3.82. The molecule has 2 aliphatic heterocycles. The minimum Gasteiger partial charge on any atom is -0.377 e. The summed E-state index contributed by atoms with van der Waals surface area (Å²) in [4.78, 5) is 0. The molecule has 0 radical (unpaired) electrons. The molecule has 0 spiro atoms. The molecule has 1 N–H and O–H groups in total. The maximum atomic E-state index is 5.87. The maximum Gasteiger partial charge on any atom is 0.0952 e. The van der Waals surface area contributed by atoms with Crippen molar-refractivity contribution in [3.05, 3.63) is 35.4 Å². The van der Waals surface area contributed by atoms with Crippen molar-refractivity contribution in [2.75, 3.05) is 26.3 Å². The fourth-order valence-corrected chi connectivity index (χ4v) is 2.83. The van der Waals surface area contributed by atoms with E-state index < -0.39 is 0 Å². The summed E-state index contributed by atoms with van der Waals surface area (Å²) in [7, 11) is 0. The molecule has 1 saturated heterocycles. The molecule has 3 nitrogen and oxygen atoms in total. The van der Waals surface area contributed by atoms with Crippen LogP contribution < -0.4 is 5.32 Å². The third kappa shape index (κ3) is 2.74. The van der Waals surface area contributed by atoms with Crippen LogP contribution in [0.5, 0.6) is 0 Å². The third-order valence-corrected chi connectivity index (χ3v) is 3.82. The van der Waals surface area contributed by atoms with E-state index >= 15 is 0 Å². The molecule has 2 heterocycles. The summed E-state index contributed by atoms with van der Waals surface area (Å²) >= 11 is 0. The lowest BCUT2D eigenvalue weighted by Crippen LogP contribution is -2.32. The molecular weight excluding hydrogens is 226 g/mol. The van der Waals surface area contributed by atoms with E-state index in [1.165, 1.54) is 24.0 Å². The van der Waals surface area contributed by atoms with Gasteiger partial charge in [0.2, 0.25) is 0 Å². The lowest BCUT2D eigenvalue weighted by molar-refractivity contribution is 0.0385. The first-order chi connectivity index (χ1) is 8.93. The van der Waals surface area contributed by atoms with Crippen LogP contribution in [0.2, 0.25) is 0 Å². The summed E-state index contributed by atoms with van der Waals surface area (Å²) in [6, 6.07) is 8.61. The van der Waals surface area contributed by atoms with Crippen LogP contribution in [-0.4, -0.2) is 32.4 Å². The normalized spacial score (nSPS) is 27.1. The van der Waals surface area contributed by atoms with Gasteiger partial charge in [0.1, 0.15) is 0 Å². The van der Waals surface area contributed by atoms with Crippen molar-refractivity contribution < 1.29 is 9.47 Å². The Morgan fingerprint density at radius 3 is 2.94 bits per heavy atom. The van der Waals surface area contributed by atoms with E-state index in [1.807, 2.05) is 0 Å². The topological polar surface area (TPSA) is 30.5 Å². The fraction of sp³-hybridized carbons (Fsp3) is 0.600. The molecule has 1 aromatic rings. The van der Waals surface area contributed by atoms with E-state index in [2.05, 4.69) is 29.6 Å². The Kier molecular flexibility index (Phi) is 3.93. The Hall–Kier alpha value is -0.900. The Morgan fingerprint density at radius 2 is 2.06 bits per heavy atom. The lowest BCUT2D eigenvalue weighted by atomic mass is 9.97. The lowest BCUT2D eigenvalue weighted by Gasteiger charge is -2.26. The molecular formula is C15H21NO2. The summed E-state index contributed by atoms with van der Waals surface area (Å²) < 4.78 is 11.5. The second-order valence-corrected chi connectivity index (χ2v) is 5.10. The van der Waals surface area contributed by atoms with Crippen LogP contribution in [0.1, 0.15) is 30.1 Å². The first-order valence-electron chi connectivity index (χ1n) is 6.95. The molecule has 1 aromatic carbocycles. The van der Waals surface area contributed by atoms with Gasteiger partial charge < -0.3 is 14.8 Å². The Balaban J connectivity index is 1.54. The number of benzene rings is 1. The van der Waals surface area contributed by atoms with Crippen LogP contribution in [0.3, 0.4) is 0 Å². The number of hydrogen-bond acceptors (Lipinski definition) is 3. The molecule has 0 bridgehead atoms. The molecule has 98 valence electrons. The highest BCUT2D eigenvalue weighted by Gasteiger charge is 2.21. The van der Waals surface area contributed by atoms with Gasteiger partial charge in [-0.15, -0.1) is 0 Å². The molecule has 0 saturated carbocycles. The first kappa shape index (κ1) is 12.2. The van der Waals surface area contributed by atoms with E-state index in [0.29, 0.717) is 6.10 Å². The van der Waals surface area contributed by atoms with Gasteiger partial charge in [0.15, 0.2) is 0 Å². The minimum absolute atomic E-state index is 0.205. The number of nitrogens with one attached hydrogen (secondary N) is 1. The van der Waals surface area contributed by atoms with Crippen LogP contribution in [0.25, 0.3) is 0 Å². The van der Waals surface area contributed by atoms with Crippen LogP contribution >= 0.6 is 0 Å². The summed E-state index contributed by atoms with van der Waals surface area (Å²) in [6.07, 6.45) is 4.04. The van der Waals surface area contributed by atoms with Crippen molar-refractivity contribution in [1.29, 1.82) is 0 Å². The van der Waals surface area contributed by atoms with E-state index in [-0.39, 0.29) is 6.10 Å². The van der Waals surface area contributed by atoms with Crippen molar-refractivity contribution in [2.45, 2.75) is 31.5 Å². The number of hydrogen-bond donors (Lipinski definition) is 1. The predicted molar refractivity (Wildman–Crippen MR) is 70.7 cm³/mol. The Morgan fingerprint density at radius 1 is 1.11 bits per heavy atom. The van der Waals surface area contributed by atoms with Crippen molar-refractivity contribution in [1.82, 2.24) is 5.32 Å². The zero-order chi connectivity index (χ0) is 12.2. The van der Waals surface area contributed by atoms with Crippen molar-refractivity contribution >= 4 is 0 Å². The first-order valence-corrected chi connectivity index (χ1v) is 6.95. The molecule has 0 amide bonds. The van der Waals surface area contributed by atoms with Gasteiger partial charge in [-0.1, -0.05) is 24.3 Å². The SMILES string of the molecule is c1ccc2c(c1)CCOC2CNCC1CCCO1. The highest BCUT2D eigenvalue weighted by atomic mass is 16.5. The van der Waals surface area contributed by atoms with Gasteiger partial charge in [0, 0.05) is 19.7 Å². The average Bonchev–Trinajstić information content (AvgIpc) is 2.92. The molecule has 2 unspecified atom stereocenters. The second-order valence-electron chi connectivity index (χ2n) is 5.10. The number of ether oxygens (including phenoxy) is 2. The zero-order valence-corrected chi connectivity index (χ0v) is 10.7. The van der Waals surface area contributed by atoms with Gasteiger partial charge >= 0.3 is 0 Å². The number of fused-ring (bicyclic) bond motifs is 1. The molecule has 0 aliphatic carbocycles. The van der Waals surface area contributed by atoms with Gasteiger partial charge in [-0.2, -0.15) is 0 Å². The summed E-state index contributed by atoms with van der Waals surface area (Å²) in [5.41, 5.74) is 2.79. The van der Waals surface area contributed by atoms with Crippen molar-refractivity contribution in [3.63, 3.8) is 0 Å². The van der Waals surface area contributed by atoms with Crippen molar-refractivity contribution in [2.24, 2.45) is 0 Å². The van der Waals surface area contributed by atoms with Crippen LogP contribution in [0.15, 0.2) is 24.3 Å². The van der Waals surface area contributed by atoms with Gasteiger partial charge in [-0.3, -0.25) is 0 Å². The van der Waals surface area contributed by atoms with Gasteiger partial charge in [0.05, 0.1) is 18.8 Å². The largest absolute Gasteiger partial charge is 0.377 e. The summed E-state index contributed by atoms with van der Waals surface area (Å²) in [5, 5.41) is 3.49. The van der Waals surface area contributed by atoms with Crippen molar-refractivity contribution in [3.8, 4) is 0 Å². The zero-order valence-electron chi connectivity index (χ0n) is 10.7. The second kappa shape index (κ2) is 5.83. The quantitative estimate of drug-likeness (QED) is 0.883. The molecule has 1 fully saturated rings. The van der Waals surface area contributed by atoms with E-state index in [4.69, 9.17) is 9.47 Å². The van der Waals surface area contributed by atoms with Crippen LogP contribution in [0, 0.1) is 0 Å². The Labute approximate surface area is 108 Å². The van der Waals surface area contributed by atoms with Gasteiger partial charge in [-0.05, 0) is 30.4 Å². The van der Waals surface area contributed by atoms with Crippen LogP contribution in [-0.2, 0) is 15.9 Å². The standard InChI is InChI=1S/C15H21NO2/c1-2-6-14-12(4-1)7-9-18-15(14)11-16-10-13-5-3-8-17-13/h1-2,4,6,13,15-16H,3,5,7-11H2. The van der Waals surface area contributed by atoms with Gasteiger partial charge in [0.25, 0.3) is 0 Å². The predicted octanol–water partition coefficient (Wildman–Crippen LogP) is 2.07. The minimum atomic E-state index is 0.205. The molecule has 2 aliphatic rings. The highest BCUT2D eigenvalue weighted by Crippen LogP contribution is 2.26. The van der Waals surface area contributed by atoms with E-state index in [9.17, 15) is 0 Å². The molecule has 3 rings (SSSR count). The van der Waals surface area contributed by atoms with Gasteiger partial charge in [-0.25, -0.2) is 0 Å². The molecule has 2 atom stereocenters. The molecule has 0 aromatic heterocycles. The van der Waals surface area contributed by atoms with E-state index in [1.54, 1.807) is 0 Å². The van der Waals surface area contributed by atoms with E-state index in [0.717, 1.165) is 32.7 Å². The smallest absolute Gasteiger partial charge is 0.0952 e. The molecule has 18 heavy (non-hydrogen) atoms. The maximum absolute atomic E-state index is 5.87.